The van der Waals surface area contributed by atoms with Crippen LogP contribution in [0.4, 0.5) is 4.79 Å². The van der Waals surface area contributed by atoms with Crippen LogP contribution in [-0.4, -0.2) is 39.8 Å². The molecule has 0 aromatic rings. The van der Waals surface area contributed by atoms with Crippen LogP contribution in [0.2, 0.25) is 0 Å². The number of ether oxygens (including phenoxy) is 1. The van der Waals surface area contributed by atoms with Gasteiger partial charge < -0.3 is 9.84 Å². The van der Waals surface area contributed by atoms with Crippen molar-refractivity contribution in [2.75, 3.05) is 0 Å². The number of nitrogens with zero attached hydrogens (tertiary/aromatic N) is 1. The molecule has 1 N–H and O–H groups in total. The summed E-state index contributed by atoms with van der Waals surface area (Å²) in [6, 6.07) is -0.489. The third-order valence-electron chi connectivity index (χ3n) is 2.54. The summed E-state index contributed by atoms with van der Waals surface area (Å²) in [5, 5.41) is 9.43. The van der Waals surface area contributed by atoms with Gasteiger partial charge >= 0.3 is 6.09 Å². The number of imide groups is 1. The van der Waals surface area contributed by atoms with Crippen molar-refractivity contribution in [1.82, 2.24) is 4.90 Å². The molecule has 1 aliphatic heterocycles. The first kappa shape index (κ1) is 13.7. The van der Waals surface area contributed by atoms with Gasteiger partial charge in [0.05, 0.1) is 18.1 Å². The Morgan fingerprint density at radius 1 is 1.59 bits per heavy atom. The van der Waals surface area contributed by atoms with Gasteiger partial charge in [-0.05, 0) is 27.7 Å². The van der Waals surface area contributed by atoms with Crippen molar-refractivity contribution in [3.63, 3.8) is 0 Å². The summed E-state index contributed by atoms with van der Waals surface area (Å²) in [6.45, 7) is 10.3. The smallest absolute Gasteiger partial charge is 0.417 e. The molecule has 0 saturated carbocycles. The number of hydrogen-bond donors (Lipinski definition) is 1. The Morgan fingerprint density at radius 3 is 2.47 bits per heavy atom. The van der Waals surface area contributed by atoms with Crippen LogP contribution in [0.3, 0.4) is 0 Å². The Labute approximate surface area is 101 Å². The highest BCUT2D eigenvalue weighted by atomic mass is 16.6. The molecule has 1 aliphatic rings. The first-order valence-corrected chi connectivity index (χ1v) is 5.55. The molecule has 17 heavy (non-hydrogen) atoms. The molecule has 2 amide bonds. The van der Waals surface area contributed by atoms with E-state index in [2.05, 4.69) is 6.58 Å². The molecule has 1 rings (SSSR count). The Morgan fingerprint density at radius 2 is 2.12 bits per heavy atom. The zero-order valence-electron chi connectivity index (χ0n) is 10.6. The van der Waals surface area contributed by atoms with E-state index in [4.69, 9.17) is 4.74 Å². The molecule has 0 radical (unpaired) electrons. The van der Waals surface area contributed by atoms with E-state index >= 15 is 0 Å². The molecule has 0 aromatic heterocycles. The molecule has 3 unspecified atom stereocenters. The largest absolute Gasteiger partial charge is 0.443 e. The van der Waals surface area contributed by atoms with Gasteiger partial charge in [-0.15, -0.1) is 6.58 Å². The molecule has 5 nitrogen and oxygen atoms in total. The first-order chi connectivity index (χ1) is 7.69. The number of aliphatic hydroxyl groups is 1. The normalized spacial score (nSPS) is 26.2. The van der Waals surface area contributed by atoms with Crippen LogP contribution in [0.1, 0.15) is 27.7 Å². The van der Waals surface area contributed by atoms with Crippen molar-refractivity contribution in [2.45, 2.75) is 45.4 Å². The van der Waals surface area contributed by atoms with Crippen LogP contribution < -0.4 is 0 Å². The van der Waals surface area contributed by atoms with Crippen molar-refractivity contribution in [3.05, 3.63) is 12.7 Å². The summed E-state index contributed by atoms with van der Waals surface area (Å²) in [4.78, 5) is 24.5. The summed E-state index contributed by atoms with van der Waals surface area (Å²) in [5.74, 6) is -1.01. The Balaban J connectivity index is 2.77. The lowest BCUT2D eigenvalue weighted by Gasteiger charge is -2.45. The molecule has 0 spiro atoms. The van der Waals surface area contributed by atoms with E-state index in [1.165, 1.54) is 13.0 Å². The van der Waals surface area contributed by atoms with E-state index in [1.807, 2.05) is 0 Å². The Bertz CT molecular complexity index is 343. The van der Waals surface area contributed by atoms with Crippen LogP contribution in [0, 0.1) is 5.92 Å². The van der Waals surface area contributed by atoms with Crippen molar-refractivity contribution >= 4 is 12.0 Å². The fourth-order valence-electron chi connectivity index (χ4n) is 1.80. The van der Waals surface area contributed by atoms with Gasteiger partial charge in [-0.1, -0.05) is 6.08 Å². The van der Waals surface area contributed by atoms with Crippen molar-refractivity contribution < 1.29 is 19.4 Å². The van der Waals surface area contributed by atoms with Gasteiger partial charge in [0.15, 0.2) is 0 Å². The molecule has 1 heterocycles. The van der Waals surface area contributed by atoms with E-state index in [9.17, 15) is 14.7 Å². The highest BCUT2D eigenvalue weighted by Crippen LogP contribution is 2.31. The van der Waals surface area contributed by atoms with E-state index in [0.29, 0.717) is 0 Å². The fourth-order valence-corrected chi connectivity index (χ4v) is 1.80. The molecular weight excluding hydrogens is 222 g/mol. The van der Waals surface area contributed by atoms with Gasteiger partial charge in [-0.3, -0.25) is 4.79 Å². The number of rotatable bonds is 2. The molecule has 0 aliphatic carbocycles. The highest BCUT2D eigenvalue weighted by Gasteiger charge is 2.52. The van der Waals surface area contributed by atoms with Crippen molar-refractivity contribution in [2.24, 2.45) is 5.92 Å². The van der Waals surface area contributed by atoms with Crippen molar-refractivity contribution in [3.8, 4) is 0 Å². The quantitative estimate of drug-likeness (QED) is 0.585. The van der Waals surface area contributed by atoms with Gasteiger partial charge in [-0.2, -0.15) is 0 Å². The minimum absolute atomic E-state index is 0.417. The summed E-state index contributed by atoms with van der Waals surface area (Å²) in [7, 11) is 0. The highest BCUT2D eigenvalue weighted by molar-refractivity contribution is 6.00. The SMILES string of the molecule is C=CC1C(C(C)O)C(=O)N1C(=O)OC(C)(C)C. The average molecular weight is 241 g/mol. The zero-order valence-corrected chi connectivity index (χ0v) is 10.6. The molecule has 1 fully saturated rings. The number of carbonyl (C=O) groups is 2. The summed E-state index contributed by atoms with van der Waals surface area (Å²) < 4.78 is 5.11. The number of likely N-dealkylation sites (tertiary alicyclic amines) is 1. The maximum absolute atomic E-state index is 11.7. The second kappa shape index (κ2) is 4.49. The van der Waals surface area contributed by atoms with Crippen LogP contribution in [0.5, 0.6) is 0 Å². The van der Waals surface area contributed by atoms with E-state index in [-0.39, 0.29) is 0 Å². The van der Waals surface area contributed by atoms with Gasteiger partial charge in [0.2, 0.25) is 5.91 Å². The second-order valence-electron chi connectivity index (χ2n) is 5.18. The zero-order chi connectivity index (χ0) is 13.4. The van der Waals surface area contributed by atoms with Crippen molar-refractivity contribution in [1.29, 1.82) is 0 Å². The van der Waals surface area contributed by atoms with Gasteiger partial charge in [0, 0.05) is 0 Å². The predicted octanol–water partition coefficient (Wildman–Crippen LogP) is 1.32. The molecule has 3 atom stereocenters. The summed E-state index contributed by atoms with van der Waals surface area (Å²) >= 11 is 0. The molecule has 96 valence electrons. The van der Waals surface area contributed by atoms with E-state index in [0.717, 1.165) is 4.90 Å². The van der Waals surface area contributed by atoms with Gasteiger partial charge in [0.1, 0.15) is 5.60 Å². The standard InChI is InChI=1S/C12H19NO4/c1-6-8-9(7(2)14)10(15)13(8)11(16)17-12(3,4)5/h6-9,14H,1H2,2-5H3. The van der Waals surface area contributed by atoms with Crippen LogP contribution in [-0.2, 0) is 9.53 Å². The molecule has 1 saturated heterocycles. The Hall–Kier alpha value is -1.36. The van der Waals surface area contributed by atoms with Gasteiger partial charge in [-0.25, -0.2) is 9.69 Å². The maximum atomic E-state index is 11.7. The number of hydrogen-bond acceptors (Lipinski definition) is 4. The maximum Gasteiger partial charge on any atom is 0.417 e. The lowest BCUT2D eigenvalue weighted by Crippen LogP contribution is -2.65. The van der Waals surface area contributed by atoms with E-state index < -0.39 is 35.7 Å². The second-order valence-corrected chi connectivity index (χ2v) is 5.18. The topological polar surface area (TPSA) is 66.8 Å². The number of β-lactam (4-membered cyclic amide) rings is 1. The number of aliphatic hydroxyl groups excluding tert-OH is 1. The monoisotopic (exact) mass is 241 g/mol. The summed E-state index contributed by atoms with van der Waals surface area (Å²) in [6.07, 6.45) is -0.0172. The molecule has 0 aromatic carbocycles. The van der Waals surface area contributed by atoms with Crippen LogP contribution in [0.25, 0.3) is 0 Å². The Kier molecular flexibility index (Phi) is 3.62. The molecular formula is C12H19NO4. The average Bonchev–Trinajstić information content (AvgIpc) is 2.09. The minimum atomic E-state index is -0.802. The third kappa shape index (κ3) is 2.66. The van der Waals surface area contributed by atoms with Crippen LogP contribution in [0.15, 0.2) is 12.7 Å². The van der Waals surface area contributed by atoms with E-state index in [1.54, 1.807) is 20.8 Å². The molecule has 0 bridgehead atoms. The lowest BCUT2D eigenvalue weighted by molar-refractivity contribution is -0.157. The van der Waals surface area contributed by atoms with Gasteiger partial charge in [0.25, 0.3) is 0 Å². The number of carbonyl (C=O) groups excluding carboxylic acids is 2. The van der Waals surface area contributed by atoms with Crippen LogP contribution >= 0.6 is 0 Å². The fraction of sp³-hybridized carbons (Fsp3) is 0.667. The number of amides is 2. The minimum Gasteiger partial charge on any atom is -0.443 e. The summed E-state index contributed by atoms with van der Waals surface area (Å²) in [5.41, 5.74) is -0.654. The predicted molar refractivity (Wildman–Crippen MR) is 62.2 cm³/mol. The molecule has 5 heteroatoms. The lowest BCUT2D eigenvalue weighted by atomic mass is 9.84. The third-order valence-corrected chi connectivity index (χ3v) is 2.54. The first-order valence-electron chi connectivity index (χ1n) is 5.55.